The van der Waals surface area contributed by atoms with E-state index in [-0.39, 0.29) is 11.9 Å². The maximum absolute atomic E-state index is 13.2. The molecule has 1 aromatic heterocycles. The Morgan fingerprint density at radius 3 is 2.83 bits per heavy atom. The number of rotatable bonds is 5. The molecular formula is C14H15BrFNO. The van der Waals surface area contributed by atoms with Crippen LogP contribution in [0.15, 0.2) is 45.5 Å². The lowest BCUT2D eigenvalue weighted by molar-refractivity contribution is 0.454. The molecule has 4 heteroatoms. The number of hydrogen-bond donors (Lipinski definition) is 1. The first-order chi connectivity index (χ1) is 8.70. The summed E-state index contributed by atoms with van der Waals surface area (Å²) in [6.07, 6.45) is 2.41. The minimum absolute atomic E-state index is 0.123. The number of hydrogen-bond acceptors (Lipinski definition) is 2. The second-order valence-corrected chi connectivity index (χ2v) is 4.92. The van der Waals surface area contributed by atoms with E-state index in [9.17, 15) is 4.39 Å². The zero-order valence-corrected chi connectivity index (χ0v) is 11.7. The maximum Gasteiger partial charge on any atom is 0.137 e. The van der Waals surface area contributed by atoms with Crippen LogP contribution in [0.1, 0.15) is 24.3 Å². The van der Waals surface area contributed by atoms with Gasteiger partial charge in [-0.3, -0.25) is 0 Å². The number of nitrogens with one attached hydrogen (secondary N) is 1. The first kappa shape index (κ1) is 13.3. The van der Waals surface area contributed by atoms with E-state index in [1.807, 2.05) is 25.1 Å². The molecule has 0 aliphatic rings. The number of benzene rings is 1. The summed E-state index contributed by atoms with van der Waals surface area (Å²) in [4.78, 5) is 0. The van der Waals surface area contributed by atoms with E-state index in [0.717, 1.165) is 24.3 Å². The van der Waals surface area contributed by atoms with Crippen molar-refractivity contribution in [3.8, 4) is 0 Å². The third-order valence-corrected chi connectivity index (χ3v) is 3.39. The molecule has 2 rings (SSSR count). The van der Waals surface area contributed by atoms with Crippen LogP contribution in [0.2, 0.25) is 0 Å². The van der Waals surface area contributed by atoms with Crippen LogP contribution < -0.4 is 5.32 Å². The largest absolute Gasteiger partial charge is 0.469 e. The molecule has 0 bridgehead atoms. The fraction of sp³-hybridized carbons (Fsp3) is 0.286. The zero-order chi connectivity index (χ0) is 13.0. The van der Waals surface area contributed by atoms with E-state index in [1.54, 1.807) is 12.3 Å². The van der Waals surface area contributed by atoms with Gasteiger partial charge in [0.1, 0.15) is 11.6 Å². The van der Waals surface area contributed by atoms with Gasteiger partial charge in [0.2, 0.25) is 0 Å². The monoisotopic (exact) mass is 311 g/mol. The Morgan fingerprint density at radius 1 is 1.39 bits per heavy atom. The molecule has 1 unspecified atom stereocenters. The number of likely N-dealkylation sites (N-methyl/N-ethyl adjacent to an activating group) is 1. The van der Waals surface area contributed by atoms with Crippen LogP contribution in [-0.4, -0.2) is 6.54 Å². The Bertz CT molecular complexity index is 499. The third-order valence-electron chi connectivity index (χ3n) is 2.78. The second-order valence-electron chi connectivity index (χ2n) is 4.07. The van der Waals surface area contributed by atoms with Crippen LogP contribution in [0.4, 0.5) is 4.39 Å². The van der Waals surface area contributed by atoms with Crippen molar-refractivity contribution in [3.63, 3.8) is 0 Å². The Hall–Kier alpha value is -1.13. The molecule has 1 heterocycles. The lowest BCUT2D eigenvalue weighted by Gasteiger charge is -2.17. The summed E-state index contributed by atoms with van der Waals surface area (Å²) in [6, 6.07) is 9.04. The lowest BCUT2D eigenvalue weighted by atomic mass is 10.0. The normalized spacial score (nSPS) is 12.6. The van der Waals surface area contributed by atoms with E-state index in [2.05, 4.69) is 21.2 Å². The van der Waals surface area contributed by atoms with Gasteiger partial charge in [-0.15, -0.1) is 0 Å². The summed E-state index contributed by atoms with van der Waals surface area (Å²) in [5, 5.41) is 3.38. The Labute approximate surface area is 114 Å². The van der Waals surface area contributed by atoms with Crippen molar-refractivity contribution in [2.75, 3.05) is 6.54 Å². The van der Waals surface area contributed by atoms with Crippen molar-refractivity contribution in [2.45, 2.75) is 19.4 Å². The molecule has 0 radical (unpaired) electrons. The first-order valence-electron chi connectivity index (χ1n) is 5.91. The van der Waals surface area contributed by atoms with Crippen LogP contribution in [0.3, 0.4) is 0 Å². The Balaban J connectivity index is 2.20. The molecule has 0 saturated carbocycles. The highest BCUT2D eigenvalue weighted by atomic mass is 79.9. The smallest absolute Gasteiger partial charge is 0.137 e. The van der Waals surface area contributed by atoms with Gasteiger partial charge in [0, 0.05) is 12.5 Å². The van der Waals surface area contributed by atoms with Gasteiger partial charge in [-0.2, -0.15) is 0 Å². The Kier molecular flexibility index (Phi) is 4.55. The lowest BCUT2D eigenvalue weighted by Crippen LogP contribution is -2.22. The highest BCUT2D eigenvalue weighted by molar-refractivity contribution is 9.10. The minimum Gasteiger partial charge on any atom is -0.469 e. The zero-order valence-electron chi connectivity index (χ0n) is 10.1. The van der Waals surface area contributed by atoms with Crippen molar-refractivity contribution in [1.29, 1.82) is 0 Å². The van der Waals surface area contributed by atoms with E-state index in [1.165, 1.54) is 6.07 Å². The highest BCUT2D eigenvalue weighted by Gasteiger charge is 2.14. The molecule has 0 saturated heterocycles. The molecule has 0 fully saturated rings. The third kappa shape index (κ3) is 3.21. The van der Waals surface area contributed by atoms with Crippen molar-refractivity contribution in [3.05, 3.63) is 58.2 Å². The van der Waals surface area contributed by atoms with E-state index >= 15 is 0 Å². The maximum atomic E-state index is 13.2. The summed E-state index contributed by atoms with van der Waals surface area (Å²) >= 11 is 3.22. The van der Waals surface area contributed by atoms with Crippen LogP contribution in [0.5, 0.6) is 0 Å². The fourth-order valence-corrected chi connectivity index (χ4v) is 2.31. The molecule has 18 heavy (non-hydrogen) atoms. The average molecular weight is 312 g/mol. The fourth-order valence-electron chi connectivity index (χ4n) is 1.91. The highest BCUT2D eigenvalue weighted by Crippen LogP contribution is 2.24. The molecule has 0 aliphatic heterocycles. The summed E-state index contributed by atoms with van der Waals surface area (Å²) in [5.74, 6) is 0.674. The minimum atomic E-state index is -0.244. The quantitative estimate of drug-likeness (QED) is 0.900. The molecule has 0 spiro atoms. The van der Waals surface area contributed by atoms with Crippen LogP contribution in [-0.2, 0) is 6.42 Å². The van der Waals surface area contributed by atoms with Gasteiger partial charge in [-0.25, -0.2) is 4.39 Å². The predicted molar refractivity (Wildman–Crippen MR) is 72.9 cm³/mol. The second kappa shape index (κ2) is 6.16. The summed E-state index contributed by atoms with van der Waals surface area (Å²) in [5.41, 5.74) is 1.04. The summed E-state index contributed by atoms with van der Waals surface area (Å²) in [6.45, 7) is 2.90. The topological polar surface area (TPSA) is 25.2 Å². The van der Waals surface area contributed by atoms with Crippen LogP contribution in [0.25, 0.3) is 0 Å². The SMILES string of the molecule is CCNC(Cc1ccco1)c1ccc(F)c(Br)c1. The standard InChI is InChI=1S/C14H15BrFNO/c1-2-17-14(9-11-4-3-7-18-11)10-5-6-13(16)12(15)8-10/h3-8,14,17H,2,9H2,1H3. The molecule has 1 N–H and O–H groups in total. The molecule has 2 nitrogen and oxygen atoms in total. The van der Waals surface area contributed by atoms with Crippen LogP contribution >= 0.6 is 15.9 Å². The first-order valence-corrected chi connectivity index (χ1v) is 6.70. The molecule has 1 aromatic carbocycles. The van der Waals surface area contributed by atoms with Gasteiger partial charge in [0.25, 0.3) is 0 Å². The Morgan fingerprint density at radius 2 is 2.22 bits per heavy atom. The van der Waals surface area contributed by atoms with Crippen molar-refractivity contribution in [2.24, 2.45) is 0 Å². The molecule has 2 aromatic rings. The molecule has 0 aliphatic carbocycles. The van der Waals surface area contributed by atoms with Crippen molar-refractivity contribution >= 4 is 15.9 Å². The number of halogens is 2. The number of furan rings is 1. The molecule has 0 amide bonds. The van der Waals surface area contributed by atoms with Crippen molar-refractivity contribution in [1.82, 2.24) is 5.32 Å². The van der Waals surface area contributed by atoms with Gasteiger partial charge < -0.3 is 9.73 Å². The van der Waals surface area contributed by atoms with Gasteiger partial charge in [0.15, 0.2) is 0 Å². The average Bonchev–Trinajstić information content (AvgIpc) is 2.85. The summed E-state index contributed by atoms with van der Waals surface area (Å²) < 4.78 is 19.1. The van der Waals surface area contributed by atoms with Crippen LogP contribution in [0, 0.1) is 5.82 Å². The van der Waals surface area contributed by atoms with Gasteiger partial charge >= 0.3 is 0 Å². The van der Waals surface area contributed by atoms with Gasteiger partial charge in [-0.05, 0) is 52.3 Å². The van der Waals surface area contributed by atoms with Crippen molar-refractivity contribution < 1.29 is 8.81 Å². The molecular weight excluding hydrogens is 297 g/mol. The van der Waals surface area contributed by atoms with E-state index in [0.29, 0.717) is 4.47 Å². The predicted octanol–water partition coefficient (Wildman–Crippen LogP) is 4.07. The van der Waals surface area contributed by atoms with E-state index in [4.69, 9.17) is 4.42 Å². The summed E-state index contributed by atoms with van der Waals surface area (Å²) in [7, 11) is 0. The molecule has 1 atom stereocenters. The van der Waals surface area contributed by atoms with Gasteiger partial charge in [0.05, 0.1) is 10.7 Å². The molecule has 96 valence electrons. The van der Waals surface area contributed by atoms with E-state index < -0.39 is 0 Å². The van der Waals surface area contributed by atoms with Gasteiger partial charge in [-0.1, -0.05) is 13.0 Å².